The van der Waals surface area contributed by atoms with Gasteiger partial charge in [0.05, 0.1) is 0 Å². The lowest BCUT2D eigenvalue weighted by Crippen LogP contribution is -2.18. The van der Waals surface area contributed by atoms with Gasteiger partial charge in [0.15, 0.2) is 0 Å². The number of hydrogen-bond donors (Lipinski definition) is 0. The third-order valence-corrected chi connectivity index (χ3v) is 3.88. The third kappa shape index (κ3) is 6.22. The van der Waals surface area contributed by atoms with Gasteiger partial charge in [0.25, 0.3) is 0 Å². The van der Waals surface area contributed by atoms with Crippen molar-refractivity contribution < 1.29 is 2.85 Å². The minimum atomic E-state index is 0. The van der Waals surface area contributed by atoms with E-state index in [9.17, 15) is 0 Å². The molecule has 0 aromatic carbocycles. The third-order valence-electron chi connectivity index (χ3n) is 3.88. The average molecular weight is 216 g/mol. The Morgan fingerprint density at radius 1 is 1.13 bits per heavy atom. The molecule has 0 radical (unpaired) electrons. The van der Waals surface area contributed by atoms with Crippen molar-refractivity contribution in [1.82, 2.24) is 0 Å². The van der Waals surface area contributed by atoms with Gasteiger partial charge in [-0.2, -0.15) is 0 Å². The Morgan fingerprint density at radius 2 is 1.67 bits per heavy atom. The maximum atomic E-state index is 2.47. The molecule has 1 unspecified atom stereocenters. The van der Waals surface area contributed by atoms with Crippen LogP contribution in [0.2, 0.25) is 0 Å². The molecule has 0 amide bonds. The fraction of sp³-hybridized carbons (Fsp3) is 1.00. The van der Waals surface area contributed by atoms with Gasteiger partial charge in [0.1, 0.15) is 0 Å². The summed E-state index contributed by atoms with van der Waals surface area (Å²) in [5.74, 6) is 3.06. The van der Waals surface area contributed by atoms with Crippen LogP contribution in [0.3, 0.4) is 0 Å². The zero-order chi connectivity index (χ0) is 11.7. The molecule has 0 saturated heterocycles. The molecule has 0 bridgehead atoms. The molecule has 1 fully saturated rings. The molecule has 0 aromatic heterocycles. The molecule has 0 heteroatoms. The molecule has 1 saturated carbocycles. The lowest BCUT2D eigenvalue weighted by atomic mass is 9.75. The number of unbranched alkanes of at least 4 members (excludes halogenated alkanes) is 1. The highest BCUT2D eigenvalue weighted by molar-refractivity contribution is 4.74. The minimum Gasteiger partial charge on any atom is -0.0683 e. The minimum absolute atomic E-state index is 0. The normalized spacial score (nSPS) is 27.8. The van der Waals surface area contributed by atoms with E-state index in [1.165, 1.54) is 44.9 Å². The Hall–Kier alpha value is 0. The van der Waals surface area contributed by atoms with Gasteiger partial charge in [-0.1, -0.05) is 66.7 Å². The van der Waals surface area contributed by atoms with E-state index in [0.717, 1.165) is 17.8 Å². The zero-order valence-electron chi connectivity index (χ0n) is 11.7. The van der Waals surface area contributed by atoms with Gasteiger partial charge in [-0.3, -0.25) is 0 Å². The topological polar surface area (TPSA) is 0 Å². The predicted molar refractivity (Wildman–Crippen MR) is 75.4 cm³/mol. The summed E-state index contributed by atoms with van der Waals surface area (Å²) in [5, 5.41) is 0. The fourth-order valence-corrected chi connectivity index (χ4v) is 2.62. The number of hydrogen-bond acceptors (Lipinski definition) is 0. The largest absolute Gasteiger partial charge is 0.0683 e. The van der Waals surface area contributed by atoms with E-state index in [1.807, 2.05) is 13.8 Å². The van der Waals surface area contributed by atoms with E-state index >= 15 is 0 Å². The van der Waals surface area contributed by atoms with Crippen LogP contribution in [-0.2, 0) is 0 Å². The van der Waals surface area contributed by atoms with Crippen LogP contribution in [0, 0.1) is 17.8 Å². The molecule has 0 spiro atoms. The second-order valence-electron chi connectivity index (χ2n) is 5.14. The van der Waals surface area contributed by atoms with Gasteiger partial charge in [-0.15, -0.1) is 0 Å². The van der Waals surface area contributed by atoms with Gasteiger partial charge in [-0.05, 0) is 30.6 Å². The van der Waals surface area contributed by atoms with Gasteiger partial charge < -0.3 is 0 Å². The van der Waals surface area contributed by atoms with Crippen LogP contribution in [0.15, 0.2) is 0 Å². The molecule has 96 valence electrons. The van der Waals surface area contributed by atoms with Crippen LogP contribution in [-0.4, -0.2) is 0 Å². The van der Waals surface area contributed by atoms with Crippen LogP contribution in [0.5, 0.6) is 0 Å². The SMILES string of the molecule is CC.CCCCC(C)C1CCC(C)CC1.[HH].[HH]. The summed E-state index contributed by atoms with van der Waals surface area (Å²) in [6.45, 7) is 11.2. The van der Waals surface area contributed by atoms with Crippen molar-refractivity contribution >= 4 is 0 Å². The first kappa shape index (κ1) is 15.0. The Balaban J connectivity index is -0.000000464. The Morgan fingerprint density at radius 3 is 2.13 bits per heavy atom. The molecule has 0 aromatic rings. The molecule has 1 atom stereocenters. The van der Waals surface area contributed by atoms with E-state index in [0.29, 0.717) is 0 Å². The summed E-state index contributed by atoms with van der Waals surface area (Å²) < 4.78 is 0. The monoisotopic (exact) mass is 216 g/mol. The lowest BCUT2D eigenvalue weighted by Gasteiger charge is -2.30. The fourth-order valence-electron chi connectivity index (χ4n) is 2.62. The van der Waals surface area contributed by atoms with Crippen LogP contribution in [0.25, 0.3) is 0 Å². The molecule has 0 aliphatic heterocycles. The maximum absolute atomic E-state index is 2.47. The van der Waals surface area contributed by atoms with Crippen LogP contribution in [0.1, 0.15) is 82.4 Å². The highest BCUT2D eigenvalue weighted by atomic mass is 14.3. The van der Waals surface area contributed by atoms with Crippen molar-refractivity contribution in [1.29, 1.82) is 0 Å². The zero-order valence-corrected chi connectivity index (χ0v) is 11.7. The van der Waals surface area contributed by atoms with Crippen molar-refractivity contribution in [2.45, 2.75) is 79.6 Å². The van der Waals surface area contributed by atoms with Gasteiger partial charge >= 0.3 is 0 Å². The van der Waals surface area contributed by atoms with Gasteiger partial charge in [0, 0.05) is 2.85 Å². The van der Waals surface area contributed by atoms with E-state index in [1.54, 1.807) is 0 Å². The standard InChI is InChI=1S/C13H26.C2H6.2H2/c1-4-5-6-12(3)13-9-7-11(2)8-10-13;1-2;;/h11-13H,4-10H2,1-3H3;1-2H3;2*1H. The van der Waals surface area contributed by atoms with E-state index in [-0.39, 0.29) is 2.85 Å². The van der Waals surface area contributed by atoms with Crippen LogP contribution >= 0.6 is 0 Å². The van der Waals surface area contributed by atoms with Crippen molar-refractivity contribution in [3.63, 3.8) is 0 Å². The van der Waals surface area contributed by atoms with Gasteiger partial charge in [0.2, 0.25) is 0 Å². The number of rotatable bonds is 4. The van der Waals surface area contributed by atoms with Crippen molar-refractivity contribution in [3.05, 3.63) is 0 Å². The first-order valence-electron chi connectivity index (χ1n) is 7.24. The highest BCUT2D eigenvalue weighted by Gasteiger charge is 2.22. The van der Waals surface area contributed by atoms with Crippen molar-refractivity contribution in [3.8, 4) is 0 Å². The second kappa shape index (κ2) is 9.24. The lowest BCUT2D eigenvalue weighted by molar-refractivity contribution is 0.213. The molecule has 1 rings (SSSR count). The Bertz CT molecular complexity index is 129. The summed E-state index contributed by atoms with van der Waals surface area (Å²) in [4.78, 5) is 0. The summed E-state index contributed by atoms with van der Waals surface area (Å²) in [5.41, 5.74) is 0. The molecule has 1 aliphatic carbocycles. The summed E-state index contributed by atoms with van der Waals surface area (Å²) in [6.07, 6.45) is 10.3. The van der Waals surface area contributed by atoms with E-state index in [4.69, 9.17) is 0 Å². The first-order valence-corrected chi connectivity index (χ1v) is 7.24. The summed E-state index contributed by atoms with van der Waals surface area (Å²) in [6, 6.07) is 0. The Kier molecular flexibility index (Phi) is 9.24. The van der Waals surface area contributed by atoms with Crippen LogP contribution in [0.4, 0.5) is 0 Å². The maximum Gasteiger partial charge on any atom is 0 e. The predicted octanol–water partition coefficient (Wildman–Crippen LogP) is 6.16. The molecule has 0 nitrogen and oxygen atoms in total. The van der Waals surface area contributed by atoms with Crippen molar-refractivity contribution in [2.24, 2.45) is 17.8 Å². The average Bonchev–Trinajstić information content (AvgIpc) is 2.29. The van der Waals surface area contributed by atoms with Crippen molar-refractivity contribution in [2.75, 3.05) is 0 Å². The second-order valence-corrected chi connectivity index (χ2v) is 5.14. The Labute approximate surface area is 101 Å². The molecule has 0 heterocycles. The quantitative estimate of drug-likeness (QED) is 0.528. The molecule has 0 N–H and O–H groups in total. The molecule has 1 aliphatic rings. The molecular weight excluding hydrogens is 180 g/mol. The molecular formula is C15H36. The smallest absolute Gasteiger partial charge is 0 e. The first-order chi connectivity index (χ1) is 7.24. The van der Waals surface area contributed by atoms with Gasteiger partial charge in [-0.25, -0.2) is 0 Å². The van der Waals surface area contributed by atoms with E-state index in [2.05, 4.69) is 20.8 Å². The highest BCUT2D eigenvalue weighted by Crippen LogP contribution is 2.34. The summed E-state index contributed by atoms with van der Waals surface area (Å²) >= 11 is 0. The van der Waals surface area contributed by atoms with E-state index < -0.39 is 0 Å². The summed E-state index contributed by atoms with van der Waals surface area (Å²) in [7, 11) is 0. The molecule has 15 heavy (non-hydrogen) atoms. The van der Waals surface area contributed by atoms with Crippen LogP contribution < -0.4 is 0 Å².